The highest BCUT2D eigenvalue weighted by molar-refractivity contribution is 6.46. The number of aliphatic hydroxyl groups is 1. The van der Waals surface area contributed by atoms with Crippen molar-refractivity contribution in [3.05, 3.63) is 63.4 Å². The summed E-state index contributed by atoms with van der Waals surface area (Å²) in [5.74, 6) is -1.47. The topological polar surface area (TPSA) is 79.7 Å². The molecule has 0 aliphatic carbocycles. The molecule has 2 aromatic rings. The minimum absolute atomic E-state index is 0.00500. The van der Waals surface area contributed by atoms with Crippen molar-refractivity contribution >= 4 is 40.7 Å². The van der Waals surface area contributed by atoms with Gasteiger partial charge in [0.15, 0.2) is 5.75 Å². The summed E-state index contributed by atoms with van der Waals surface area (Å²) in [6, 6.07) is 5.62. The molecule has 1 unspecified atom stereocenters. The Kier molecular flexibility index (Phi) is 6.45. The Balaban J connectivity index is 2.18. The summed E-state index contributed by atoms with van der Waals surface area (Å²) in [6.45, 7) is 2.40. The minimum atomic E-state index is -0.747. The fourth-order valence-electron chi connectivity index (χ4n) is 3.38. The number of pyridine rings is 1. The number of rotatable bonds is 6. The van der Waals surface area contributed by atoms with E-state index in [1.165, 1.54) is 24.1 Å². The Morgan fingerprint density at radius 2 is 1.83 bits per heavy atom. The quantitative estimate of drug-likeness (QED) is 0.407. The summed E-state index contributed by atoms with van der Waals surface area (Å²) in [5, 5.41) is 11.4. The van der Waals surface area contributed by atoms with E-state index < -0.39 is 17.7 Å². The van der Waals surface area contributed by atoms with Crippen LogP contribution in [0.3, 0.4) is 0 Å². The Morgan fingerprint density at radius 1 is 1.21 bits per heavy atom. The molecule has 1 atom stereocenters. The van der Waals surface area contributed by atoms with Gasteiger partial charge in [-0.2, -0.15) is 0 Å². The van der Waals surface area contributed by atoms with E-state index in [9.17, 15) is 14.7 Å². The first-order valence-corrected chi connectivity index (χ1v) is 9.88. The van der Waals surface area contributed by atoms with Gasteiger partial charge in [0, 0.05) is 24.5 Å². The molecule has 1 aromatic heterocycles. The van der Waals surface area contributed by atoms with Crippen molar-refractivity contribution in [2.45, 2.75) is 25.8 Å². The Hall–Kier alpha value is -2.57. The lowest BCUT2D eigenvalue weighted by molar-refractivity contribution is -0.139. The number of Topliss-reactive ketones (excluding diaryl/α,β-unsaturated/α-hetero) is 1. The number of carbonyl (C=O) groups is 2. The van der Waals surface area contributed by atoms with Crippen molar-refractivity contribution in [1.82, 2.24) is 9.88 Å². The van der Waals surface area contributed by atoms with Crippen molar-refractivity contribution in [1.29, 1.82) is 0 Å². The molecule has 0 spiro atoms. The standard InChI is InChI=1S/C21H20Cl2N2O4/c1-3-4-9-25-17(12-5-7-24-8-6-12)16(19(27)21(25)28)18(26)13-10-14(22)20(29-2)15(23)11-13/h5-8,10-11,17,26H,3-4,9H2,1-2H3/b18-16+. The molecule has 1 saturated heterocycles. The smallest absolute Gasteiger partial charge is 0.295 e. The Labute approximate surface area is 178 Å². The van der Waals surface area contributed by atoms with Crippen LogP contribution in [0.4, 0.5) is 0 Å². The number of ketones is 1. The molecular weight excluding hydrogens is 415 g/mol. The van der Waals surface area contributed by atoms with Crippen LogP contribution >= 0.6 is 23.2 Å². The minimum Gasteiger partial charge on any atom is -0.507 e. The monoisotopic (exact) mass is 434 g/mol. The van der Waals surface area contributed by atoms with Crippen LogP contribution in [0.1, 0.15) is 36.9 Å². The third kappa shape index (κ3) is 3.95. The van der Waals surface area contributed by atoms with Gasteiger partial charge in [0.25, 0.3) is 11.7 Å². The molecule has 29 heavy (non-hydrogen) atoms. The summed E-state index contributed by atoms with van der Waals surface area (Å²) in [4.78, 5) is 31.1. The van der Waals surface area contributed by atoms with E-state index in [0.717, 1.165) is 12.8 Å². The molecule has 0 radical (unpaired) electrons. The Morgan fingerprint density at radius 3 is 2.38 bits per heavy atom. The van der Waals surface area contributed by atoms with Gasteiger partial charge in [-0.15, -0.1) is 0 Å². The summed E-state index contributed by atoms with van der Waals surface area (Å²) in [6.07, 6.45) is 4.75. The number of aromatic nitrogens is 1. The van der Waals surface area contributed by atoms with E-state index in [0.29, 0.717) is 12.1 Å². The fourth-order valence-corrected chi connectivity index (χ4v) is 4.02. The van der Waals surface area contributed by atoms with Crippen LogP contribution in [0.5, 0.6) is 5.75 Å². The molecule has 1 aromatic carbocycles. The first kappa shape index (κ1) is 21.1. The van der Waals surface area contributed by atoms with Crippen molar-refractivity contribution in [2.24, 2.45) is 0 Å². The first-order chi connectivity index (χ1) is 13.9. The number of likely N-dealkylation sites (tertiary alicyclic amines) is 1. The van der Waals surface area contributed by atoms with E-state index in [1.54, 1.807) is 24.5 Å². The second-order valence-corrected chi connectivity index (χ2v) is 7.41. The zero-order valence-corrected chi connectivity index (χ0v) is 17.5. The largest absolute Gasteiger partial charge is 0.507 e. The second-order valence-electron chi connectivity index (χ2n) is 6.60. The summed E-state index contributed by atoms with van der Waals surface area (Å²) in [7, 11) is 1.43. The van der Waals surface area contributed by atoms with Crippen LogP contribution in [0.2, 0.25) is 10.0 Å². The number of aliphatic hydroxyl groups excluding tert-OH is 1. The maximum atomic E-state index is 12.9. The van der Waals surface area contributed by atoms with Crippen LogP contribution in [0.15, 0.2) is 42.2 Å². The number of carbonyl (C=O) groups excluding carboxylic acids is 2. The van der Waals surface area contributed by atoms with E-state index in [-0.39, 0.29) is 32.7 Å². The fraction of sp³-hybridized carbons (Fsp3) is 0.286. The third-order valence-electron chi connectivity index (χ3n) is 4.79. The molecule has 1 fully saturated rings. The predicted octanol–water partition coefficient (Wildman–Crippen LogP) is 4.62. The molecule has 0 bridgehead atoms. The van der Waals surface area contributed by atoms with Crippen molar-refractivity contribution in [2.75, 3.05) is 13.7 Å². The maximum Gasteiger partial charge on any atom is 0.295 e. The number of unbranched alkanes of at least 4 members (excludes halogenated alkanes) is 1. The number of methoxy groups -OCH3 is 1. The maximum absolute atomic E-state index is 12.9. The van der Waals surface area contributed by atoms with Gasteiger partial charge < -0.3 is 14.7 Å². The van der Waals surface area contributed by atoms with Crippen LogP contribution in [-0.4, -0.2) is 40.3 Å². The van der Waals surface area contributed by atoms with E-state index >= 15 is 0 Å². The van der Waals surface area contributed by atoms with Gasteiger partial charge in [-0.3, -0.25) is 14.6 Å². The molecule has 1 amide bonds. The zero-order valence-electron chi connectivity index (χ0n) is 16.0. The zero-order chi connectivity index (χ0) is 21.1. The molecule has 8 heteroatoms. The Bertz CT molecular complexity index is 953. The molecule has 2 heterocycles. The molecule has 3 rings (SSSR count). The predicted molar refractivity (Wildman–Crippen MR) is 111 cm³/mol. The highest BCUT2D eigenvalue weighted by atomic mass is 35.5. The van der Waals surface area contributed by atoms with Gasteiger partial charge in [0.1, 0.15) is 5.76 Å². The number of halogens is 2. The van der Waals surface area contributed by atoms with Crippen LogP contribution in [0.25, 0.3) is 5.76 Å². The number of amides is 1. The molecular formula is C21H20Cl2N2O4. The lowest BCUT2D eigenvalue weighted by Gasteiger charge is -2.25. The van der Waals surface area contributed by atoms with Crippen molar-refractivity contribution < 1.29 is 19.4 Å². The number of nitrogens with zero attached hydrogens (tertiary/aromatic N) is 2. The van der Waals surface area contributed by atoms with Crippen molar-refractivity contribution in [3.8, 4) is 5.75 Å². The third-order valence-corrected chi connectivity index (χ3v) is 5.35. The van der Waals surface area contributed by atoms with E-state index in [1.807, 2.05) is 6.92 Å². The number of hydrogen-bond acceptors (Lipinski definition) is 5. The van der Waals surface area contributed by atoms with Gasteiger partial charge in [0.05, 0.1) is 28.8 Å². The number of hydrogen-bond donors (Lipinski definition) is 1. The van der Waals surface area contributed by atoms with Gasteiger partial charge >= 0.3 is 0 Å². The normalized spacial score (nSPS) is 18.3. The van der Waals surface area contributed by atoms with Gasteiger partial charge in [-0.25, -0.2) is 0 Å². The average Bonchev–Trinajstić information content (AvgIpc) is 2.96. The van der Waals surface area contributed by atoms with E-state index in [2.05, 4.69) is 4.98 Å². The second kappa shape index (κ2) is 8.84. The van der Waals surface area contributed by atoms with E-state index in [4.69, 9.17) is 27.9 Å². The summed E-state index contributed by atoms with van der Waals surface area (Å²) in [5.41, 5.74) is 0.908. The summed E-state index contributed by atoms with van der Waals surface area (Å²) >= 11 is 12.4. The number of ether oxygens (including phenoxy) is 1. The van der Waals surface area contributed by atoms with Crippen LogP contribution in [-0.2, 0) is 9.59 Å². The molecule has 1 N–H and O–H groups in total. The van der Waals surface area contributed by atoms with Gasteiger partial charge in [0.2, 0.25) is 0 Å². The van der Waals surface area contributed by atoms with Gasteiger partial charge in [-0.1, -0.05) is 36.5 Å². The summed E-state index contributed by atoms with van der Waals surface area (Å²) < 4.78 is 5.13. The highest BCUT2D eigenvalue weighted by Crippen LogP contribution is 2.41. The molecule has 152 valence electrons. The molecule has 1 aliphatic rings. The average molecular weight is 435 g/mol. The molecule has 1 aliphatic heterocycles. The number of benzene rings is 1. The van der Waals surface area contributed by atoms with Crippen LogP contribution < -0.4 is 4.74 Å². The lowest BCUT2D eigenvalue weighted by atomic mass is 9.96. The molecule has 0 saturated carbocycles. The van der Waals surface area contributed by atoms with Gasteiger partial charge in [-0.05, 0) is 36.2 Å². The van der Waals surface area contributed by atoms with Crippen LogP contribution in [0, 0.1) is 0 Å². The van der Waals surface area contributed by atoms with Crippen molar-refractivity contribution in [3.63, 3.8) is 0 Å². The SMILES string of the molecule is CCCCN1C(=O)C(=O)/C(=C(/O)c2cc(Cl)c(OC)c(Cl)c2)C1c1ccncc1. The highest BCUT2D eigenvalue weighted by Gasteiger charge is 2.45. The first-order valence-electron chi connectivity index (χ1n) is 9.12. The molecule has 6 nitrogen and oxygen atoms in total. The lowest BCUT2D eigenvalue weighted by Crippen LogP contribution is -2.30.